The van der Waals surface area contributed by atoms with Crippen LogP contribution < -0.4 is 5.73 Å². The van der Waals surface area contributed by atoms with E-state index in [9.17, 15) is 10.1 Å². The van der Waals surface area contributed by atoms with Crippen molar-refractivity contribution in [1.29, 1.82) is 0 Å². The van der Waals surface area contributed by atoms with Crippen LogP contribution in [0, 0.1) is 24.0 Å². The molecule has 0 bridgehead atoms. The standard InChI is InChI=1S/C11H11N3O3/c1-6-11(7(2)17-13-6)8-3-4-10(14(15)16)9(12)5-8/h3-5H,12H2,1-2H3. The van der Waals surface area contributed by atoms with Gasteiger partial charge in [-0.3, -0.25) is 10.1 Å². The Morgan fingerprint density at radius 2 is 2.12 bits per heavy atom. The van der Waals surface area contributed by atoms with E-state index >= 15 is 0 Å². The predicted octanol–water partition coefficient (Wildman–Crippen LogP) is 2.45. The van der Waals surface area contributed by atoms with E-state index in [0.29, 0.717) is 5.76 Å². The molecule has 2 rings (SSSR count). The minimum absolute atomic E-state index is 0.0967. The van der Waals surface area contributed by atoms with Crippen LogP contribution in [0.4, 0.5) is 11.4 Å². The van der Waals surface area contributed by atoms with Crippen LogP contribution in [0.1, 0.15) is 11.5 Å². The third-order valence-electron chi connectivity index (χ3n) is 2.55. The van der Waals surface area contributed by atoms with Gasteiger partial charge in [0.05, 0.1) is 10.6 Å². The van der Waals surface area contributed by atoms with Crippen molar-refractivity contribution in [2.24, 2.45) is 0 Å². The number of hydrogen-bond acceptors (Lipinski definition) is 5. The predicted molar refractivity (Wildman–Crippen MR) is 62.5 cm³/mol. The second-order valence-corrected chi connectivity index (χ2v) is 3.73. The van der Waals surface area contributed by atoms with Crippen molar-refractivity contribution in [3.05, 3.63) is 39.8 Å². The summed E-state index contributed by atoms with van der Waals surface area (Å²) < 4.78 is 5.04. The molecule has 2 aromatic rings. The SMILES string of the molecule is Cc1noc(C)c1-c1ccc([N+](=O)[O-])c(N)c1. The van der Waals surface area contributed by atoms with Crippen molar-refractivity contribution in [2.75, 3.05) is 5.73 Å². The quantitative estimate of drug-likeness (QED) is 0.488. The third kappa shape index (κ3) is 1.84. The highest BCUT2D eigenvalue weighted by Crippen LogP contribution is 2.31. The van der Waals surface area contributed by atoms with Gasteiger partial charge in [-0.05, 0) is 31.5 Å². The van der Waals surface area contributed by atoms with E-state index in [0.717, 1.165) is 16.8 Å². The molecule has 0 radical (unpaired) electrons. The van der Waals surface area contributed by atoms with E-state index in [1.807, 2.05) is 6.92 Å². The van der Waals surface area contributed by atoms with Crippen LogP contribution in [0.25, 0.3) is 11.1 Å². The molecule has 0 saturated carbocycles. The Balaban J connectivity index is 2.56. The lowest BCUT2D eigenvalue weighted by Gasteiger charge is -2.02. The minimum atomic E-state index is -0.507. The second kappa shape index (κ2) is 3.89. The van der Waals surface area contributed by atoms with E-state index in [1.54, 1.807) is 19.1 Å². The van der Waals surface area contributed by atoms with Crippen LogP contribution in [0.5, 0.6) is 0 Å². The number of anilines is 1. The number of nitrogens with zero attached hydrogens (tertiary/aromatic N) is 2. The Kier molecular flexibility index (Phi) is 2.55. The molecule has 0 aliphatic rings. The molecule has 0 atom stereocenters. The van der Waals surface area contributed by atoms with E-state index in [-0.39, 0.29) is 11.4 Å². The van der Waals surface area contributed by atoms with E-state index in [4.69, 9.17) is 10.3 Å². The molecule has 6 nitrogen and oxygen atoms in total. The highest BCUT2D eigenvalue weighted by atomic mass is 16.6. The first-order valence-electron chi connectivity index (χ1n) is 4.98. The summed E-state index contributed by atoms with van der Waals surface area (Å²) in [4.78, 5) is 10.1. The summed E-state index contributed by atoms with van der Waals surface area (Å²) in [7, 11) is 0. The number of nitro groups is 1. The maximum Gasteiger partial charge on any atom is 0.292 e. The summed E-state index contributed by atoms with van der Waals surface area (Å²) >= 11 is 0. The van der Waals surface area contributed by atoms with Gasteiger partial charge in [0.15, 0.2) is 0 Å². The molecule has 1 aromatic heterocycles. The van der Waals surface area contributed by atoms with Crippen molar-refractivity contribution < 1.29 is 9.45 Å². The van der Waals surface area contributed by atoms with Gasteiger partial charge in [0.2, 0.25) is 0 Å². The first-order valence-corrected chi connectivity index (χ1v) is 4.98. The lowest BCUT2D eigenvalue weighted by Crippen LogP contribution is -1.96. The Bertz CT molecular complexity index is 570. The molecule has 1 aromatic carbocycles. The van der Waals surface area contributed by atoms with Crippen LogP contribution in [0.15, 0.2) is 22.7 Å². The minimum Gasteiger partial charge on any atom is -0.393 e. The molecule has 88 valence electrons. The van der Waals surface area contributed by atoms with Gasteiger partial charge in [0.1, 0.15) is 11.4 Å². The van der Waals surface area contributed by atoms with E-state index < -0.39 is 4.92 Å². The number of benzene rings is 1. The molecule has 0 aliphatic carbocycles. The highest BCUT2D eigenvalue weighted by molar-refractivity contribution is 5.74. The molecule has 0 unspecified atom stereocenters. The topological polar surface area (TPSA) is 95.2 Å². The number of hydrogen-bond donors (Lipinski definition) is 1. The van der Waals surface area contributed by atoms with Crippen LogP contribution in [-0.4, -0.2) is 10.1 Å². The maximum atomic E-state index is 10.6. The highest BCUT2D eigenvalue weighted by Gasteiger charge is 2.16. The van der Waals surface area contributed by atoms with E-state index in [2.05, 4.69) is 5.16 Å². The molecular formula is C11H11N3O3. The zero-order valence-electron chi connectivity index (χ0n) is 9.43. The lowest BCUT2D eigenvalue weighted by molar-refractivity contribution is -0.383. The van der Waals surface area contributed by atoms with Gasteiger partial charge in [0.25, 0.3) is 5.69 Å². The molecule has 0 fully saturated rings. The molecule has 0 saturated heterocycles. The van der Waals surface area contributed by atoms with Crippen molar-refractivity contribution in [2.45, 2.75) is 13.8 Å². The Morgan fingerprint density at radius 1 is 1.41 bits per heavy atom. The van der Waals surface area contributed by atoms with E-state index in [1.165, 1.54) is 6.07 Å². The summed E-state index contributed by atoms with van der Waals surface area (Å²) in [6.07, 6.45) is 0. The average molecular weight is 233 g/mol. The summed E-state index contributed by atoms with van der Waals surface area (Å²) in [6.45, 7) is 3.59. The van der Waals surface area contributed by atoms with Gasteiger partial charge in [-0.15, -0.1) is 0 Å². The Hall–Kier alpha value is -2.37. The zero-order chi connectivity index (χ0) is 12.6. The second-order valence-electron chi connectivity index (χ2n) is 3.73. The molecule has 1 heterocycles. The normalized spacial score (nSPS) is 10.5. The van der Waals surface area contributed by atoms with Gasteiger partial charge in [-0.2, -0.15) is 0 Å². The lowest BCUT2D eigenvalue weighted by atomic mass is 10.0. The smallest absolute Gasteiger partial charge is 0.292 e. The van der Waals surface area contributed by atoms with Crippen LogP contribution in [0.3, 0.4) is 0 Å². The fourth-order valence-electron chi connectivity index (χ4n) is 1.77. The third-order valence-corrected chi connectivity index (χ3v) is 2.55. The van der Waals surface area contributed by atoms with Gasteiger partial charge in [-0.1, -0.05) is 5.16 Å². The summed E-state index contributed by atoms with van der Waals surface area (Å²) in [6, 6.07) is 4.59. The summed E-state index contributed by atoms with van der Waals surface area (Å²) in [5.74, 6) is 0.663. The fraction of sp³-hybridized carbons (Fsp3) is 0.182. The van der Waals surface area contributed by atoms with Crippen molar-refractivity contribution in [3.63, 3.8) is 0 Å². The van der Waals surface area contributed by atoms with Crippen LogP contribution in [-0.2, 0) is 0 Å². The van der Waals surface area contributed by atoms with Crippen LogP contribution in [0.2, 0.25) is 0 Å². The number of aryl methyl sites for hydroxylation is 2. The molecular weight excluding hydrogens is 222 g/mol. The molecule has 2 N–H and O–H groups in total. The first kappa shape index (κ1) is 11.1. The van der Waals surface area contributed by atoms with Crippen molar-refractivity contribution in [3.8, 4) is 11.1 Å². The van der Waals surface area contributed by atoms with Gasteiger partial charge in [-0.25, -0.2) is 0 Å². The maximum absolute atomic E-state index is 10.6. The molecule has 0 spiro atoms. The van der Waals surface area contributed by atoms with Gasteiger partial charge in [0, 0.05) is 11.6 Å². The molecule has 0 amide bonds. The first-order chi connectivity index (χ1) is 8.00. The monoisotopic (exact) mass is 233 g/mol. The number of nitro benzene ring substituents is 1. The zero-order valence-corrected chi connectivity index (χ0v) is 9.43. The number of nitrogens with two attached hydrogens (primary N) is 1. The number of rotatable bonds is 2. The largest absolute Gasteiger partial charge is 0.393 e. The Morgan fingerprint density at radius 3 is 2.59 bits per heavy atom. The van der Waals surface area contributed by atoms with Gasteiger partial charge >= 0.3 is 0 Å². The fourth-order valence-corrected chi connectivity index (χ4v) is 1.77. The number of aromatic nitrogens is 1. The summed E-state index contributed by atoms with van der Waals surface area (Å²) in [5, 5.41) is 14.5. The molecule has 17 heavy (non-hydrogen) atoms. The van der Waals surface area contributed by atoms with Gasteiger partial charge < -0.3 is 10.3 Å². The number of nitrogen functional groups attached to an aromatic ring is 1. The van der Waals surface area contributed by atoms with Crippen molar-refractivity contribution >= 4 is 11.4 Å². The average Bonchev–Trinajstić information content (AvgIpc) is 2.58. The Labute approximate surface area is 97.2 Å². The van der Waals surface area contributed by atoms with Crippen molar-refractivity contribution in [1.82, 2.24) is 5.16 Å². The molecule has 6 heteroatoms. The summed E-state index contributed by atoms with van der Waals surface area (Å²) in [5.41, 5.74) is 8.00. The molecule has 0 aliphatic heterocycles. The van der Waals surface area contributed by atoms with Crippen LogP contribution >= 0.6 is 0 Å².